The van der Waals surface area contributed by atoms with Gasteiger partial charge in [-0.3, -0.25) is 4.79 Å². The van der Waals surface area contributed by atoms with Crippen molar-refractivity contribution in [2.45, 2.75) is 37.4 Å². The molecular formula is C15H21NOS. The number of carbonyl (C=O) groups is 1. The first kappa shape index (κ1) is 13.5. The average Bonchev–Trinajstić information content (AvgIpc) is 2.90. The topological polar surface area (TPSA) is 29.1 Å². The number of nitrogens with one attached hydrogen (secondary N) is 1. The molecule has 1 aromatic carbocycles. The lowest BCUT2D eigenvalue weighted by Crippen LogP contribution is -2.42. The number of thioether (sulfide) groups is 1. The summed E-state index contributed by atoms with van der Waals surface area (Å²) >= 11 is 1.98. The molecule has 18 heavy (non-hydrogen) atoms. The summed E-state index contributed by atoms with van der Waals surface area (Å²) < 4.78 is 0. The Kier molecular flexibility index (Phi) is 4.33. The Balaban J connectivity index is 1.94. The Labute approximate surface area is 114 Å². The molecule has 0 spiro atoms. The van der Waals surface area contributed by atoms with Crippen molar-refractivity contribution >= 4 is 17.7 Å². The van der Waals surface area contributed by atoms with E-state index in [1.807, 2.05) is 55.9 Å². The molecule has 3 heteroatoms. The monoisotopic (exact) mass is 263 g/mol. The van der Waals surface area contributed by atoms with Crippen molar-refractivity contribution in [2.24, 2.45) is 0 Å². The van der Waals surface area contributed by atoms with Crippen molar-refractivity contribution < 1.29 is 4.79 Å². The summed E-state index contributed by atoms with van der Waals surface area (Å²) in [6.45, 7) is 4.78. The van der Waals surface area contributed by atoms with E-state index >= 15 is 0 Å². The third-order valence-corrected chi connectivity index (χ3v) is 4.98. The molecule has 0 radical (unpaired) electrons. The summed E-state index contributed by atoms with van der Waals surface area (Å²) in [7, 11) is 0. The highest BCUT2D eigenvalue weighted by molar-refractivity contribution is 8.00. The van der Waals surface area contributed by atoms with Gasteiger partial charge in [0.05, 0.1) is 5.41 Å². The normalized spacial score (nSPS) is 19.8. The second-order valence-corrected chi connectivity index (χ2v) is 6.74. The summed E-state index contributed by atoms with van der Waals surface area (Å²) in [5.74, 6) is 1.36. The van der Waals surface area contributed by atoms with Crippen molar-refractivity contribution in [1.82, 2.24) is 5.32 Å². The van der Waals surface area contributed by atoms with Crippen LogP contribution in [0, 0.1) is 0 Å². The van der Waals surface area contributed by atoms with Crippen LogP contribution in [0.2, 0.25) is 0 Å². The van der Waals surface area contributed by atoms with E-state index in [-0.39, 0.29) is 5.91 Å². The fourth-order valence-corrected chi connectivity index (χ4v) is 3.42. The maximum Gasteiger partial charge on any atom is 0.230 e. The lowest BCUT2D eigenvalue weighted by Gasteiger charge is -2.25. The molecule has 0 aromatic heterocycles. The van der Waals surface area contributed by atoms with Crippen molar-refractivity contribution in [3.63, 3.8) is 0 Å². The van der Waals surface area contributed by atoms with Crippen LogP contribution in [-0.4, -0.2) is 23.5 Å². The van der Waals surface area contributed by atoms with Crippen molar-refractivity contribution in [3.8, 4) is 0 Å². The number of hydrogen-bond acceptors (Lipinski definition) is 2. The first-order chi connectivity index (χ1) is 8.60. The van der Waals surface area contributed by atoms with Gasteiger partial charge in [-0.2, -0.15) is 11.8 Å². The summed E-state index contributed by atoms with van der Waals surface area (Å²) in [4.78, 5) is 12.3. The molecular weight excluding hydrogens is 242 g/mol. The summed E-state index contributed by atoms with van der Waals surface area (Å²) in [6.07, 6.45) is 2.52. The van der Waals surface area contributed by atoms with Crippen LogP contribution in [0.4, 0.5) is 0 Å². The summed E-state index contributed by atoms with van der Waals surface area (Å²) in [6, 6.07) is 9.98. The molecule has 1 unspecified atom stereocenters. The molecule has 0 aliphatic carbocycles. The maximum atomic E-state index is 12.3. The molecule has 1 aliphatic heterocycles. The molecule has 2 nitrogen and oxygen atoms in total. The minimum absolute atomic E-state index is 0.126. The molecule has 0 saturated carbocycles. The molecule has 2 rings (SSSR count). The fraction of sp³-hybridized carbons (Fsp3) is 0.533. The quantitative estimate of drug-likeness (QED) is 0.905. The zero-order chi connectivity index (χ0) is 13.0. The molecule has 1 atom stereocenters. The van der Waals surface area contributed by atoms with Gasteiger partial charge in [0.1, 0.15) is 0 Å². The molecule has 98 valence electrons. The third kappa shape index (κ3) is 3.08. The first-order valence-electron chi connectivity index (χ1n) is 6.56. The number of amides is 1. The Morgan fingerprint density at radius 1 is 1.39 bits per heavy atom. The minimum atomic E-state index is -0.454. The van der Waals surface area contributed by atoms with E-state index in [1.54, 1.807) is 0 Å². The van der Waals surface area contributed by atoms with Gasteiger partial charge < -0.3 is 5.32 Å². The Morgan fingerprint density at radius 3 is 2.72 bits per heavy atom. The van der Waals surface area contributed by atoms with Crippen molar-refractivity contribution in [3.05, 3.63) is 35.9 Å². The van der Waals surface area contributed by atoms with Gasteiger partial charge in [-0.05, 0) is 38.0 Å². The van der Waals surface area contributed by atoms with Crippen LogP contribution in [0.1, 0.15) is 32.3 Å². The molecule has 1 N–H and O–H groups in total. The van der Waals surface area contributed by atoms with E-state index < -0.39 is 5.41 Å². The van der Waals surface area contributed by atoms with E-state index in [0.717, 1.165) is 12.1 Å². The predicted molar refractivity (Wildman–Crippen MR) is 78.0 cm³/mol. The zero-order valence-corrected chi connectivity index (χ0v) is 11.9. The SMILES string of the molecule is CC(C)(C(=O)NCC1CCCS1)c1ccccc1. The van der Waals surface area contributed by atoms with E-state index in [9.17, 15) is 4.79 Å². The molecule has 1 aliphatic rings. The van der Waals surface area contributed by atoms with E-state index in [2.05, 4.69) is 5.32 Å². The molecule has 1 heterocycles. The van der Waals surface area contributed by atoms with Gasteiger partial charge in [0, 0.05) is 11.8 Å². The Bertz CT molecular complexity index is 396. The van der Waals surface area contributed by atoms with Gasteiger partial charge >= 0.3 is 0 Å². The highest BCUT2D eigenvalue weighted by Crippen LogP contribution is 2.26. The number of carbonyl (C=O) groups excluding carboxylic acids is 1. The largest absolute Gasteiger partial charge is 0.354 e. The van der Waals surface area contributed by atoms with Gasteiger partial charge in [-0.15, -0.1) is 0 Å². The summed E-state index contributed by atoms with van der Waals surface area (Å²) in [5.41, 5.74) is 0.617. The number of benzene rings is 1. The van der Waals surface area contributed by atoms with Crippen LogP contribution in [0.25, 0.3) is 0 Å². The Morgan fingerprint density at radius 2 is 2.11 bits per heavy atom. The van der Waals surface area contributed by atoms with Crippen molar-refractivity contribution in [2.75, 3.05) is 12.3 Å². The molecule has 0 bridgehead atoms. The lowest BCUT2D eigenvalue weighted by molar-refractivity contribution is -0.125. The second kappa shape index (κ2) is 5.79. The standard InChI is InChI=1S/C15H21NOS/c1-15(2,12-7-4-3-5-8-12)14(17)16-11-13-9-6-10-18-13/h3-5,7-8,13H,6,9-11H2,1-2H3,(H,16,17). The van der Waals surface area contributed by atoms with Crippen LogP contribution < -0.4 is 5.32 Å². The van der Waals surface area contributed by atoms with E-state index in [1.165, 1.54) is 18.6 Å². The van der Waals surface area contributed by atoms with Crippen molar-refractivity contribution in [1.29, 1.82) is 0 Å². The maximum absolute atomic E-state index is 12.3. The van der Waals surface area contributed by atoms with E-state index in [0.29, 0.717) is 5.25 Å². The average molecular weight is 263 g/mol. The second-order valence-electron chi connectivity index (χ2n) is 5.34. The fourth-order valence-electron chi connectivity index (χ4n) is 2.22. The first-order valence-corrected chi connectivity index (χ1v) is 7.61. The van der Waals surface area contributed by atoms with Crippen LogP contribution in [0.15, 0.2) is 30.3 Å². The number of hydrogen-bond donors (Lipinski definition) is 1. The lowest BCUT2D eigenvalue weighted by atomic mass is 9.84. The molecule has 1 amide bonds. The zero-order valence-electron chi connectivity index (χ0n) is 11.1. The van der Waals surface area contributed by atoms with Gasteiger partial charge in [0.2, 0.25) is 5.91 Å². The highest BCUT2D eigenvalue weighted by atomic mass is 32.2. The molecule has 1 fully saturated rings. The van der Waals surface area contributed by atoms with Gasteiger partial charge in [-0.1, -0.05) is 30.3 Å². The minimum Gasteiger partial charge on any atom is -0.354 e. The van der Waals surface area contributed by atoms with Crippen LogP contribution in [0.3, 0.4) is 0 Å². The van der Waals surface area contributed by atoms with Crippen LogP contribution in [0.5, 0.6) is 0 Å². The molecule has 1 aromatic rings. The van der Waals surface area contributed by atoms with Gasteiger partial charge in [-0.25, -0.2) is 0 Å². The molecule has 1 saturated heterocycles. The highest BCUT2D eigenvalue weighted by Gasteiger charge is 2.30. The van der Waals surface area contributed by atoms with Gasteiger partial charge in [0.25, 0.3) is 0 Å². The third-order valence-electron chi connectivity index (χ3n) is 3.58. The van der Waals surface area contributed by atoms with E-state index in [4.69, 9.17) is 0 Å². The smallest absolute Gasteiger partial charge is 0.230 e. The van der Waals surface area contributed by atoms with Crippen LogP contribution >= 0.6 is 11.8 Å². The Hall–Kier alpha value is -0.960. The van der Waals surface area contributed by atoms with Crippen LogP contribution in [-0.2, 0) is 10.2 Å². The summed E-state index contributed by atoms with van der Waals surface area (Å²) in [5, 5.41) is 3.72. The number of rotatable bonds is 4. The predicted octanol–water partition coefficient (Wildman–Crippen LogP) is 2.98. The van der Waals surface area contributed by atoms with Gasteiger partial charge in [0.15, 0.2) is 0 Å².